The van der Waals surface area contributed by atoms with E-state index in [0.29, 0.717) is 6.42 Å². The van der Waals surface area contributed by atoms with Crippen molar-refractivity contribution in [2.45, 2.75) is 39.7 Å². The average Bonchev–Trinajstić information content (AvgIpc) is 2.38. The van der Waals surface area contributed by atoms with Crippen molar-refractivity contribution >= 4 is 0 Å². The van der Waals surface area contributed by atoms with Gasteiger partial charge >= 0.3 is 0 Å². The molecule has 0 saturated heterocycles. The summed E-state index contributed by atoms with van der Waals surface area (Å²) in [4.78, 5) is 4.40. The Balaban J connectivity index is 2.13. The molecule has 19 heavy (non-hydrogen) atoms. The topological polar surface area (TPSA) is 33.1 Å². The first-order valence-corrected chi connectivity index (χ1v) is 6.78. The van der Waals surface area contributed by atoms with Crippen LogP contribution in [0.15, 0.2) is 36.5 Å². The largest absolute Gasteiger partial charge is 0.388 e. The summed E-state index contributed by atoms with van der Waals surface area (Å²) in [6, 6.07) is 10.3. The molecule has 0 radical (unpaired) electrons. The highest BCUT2D eigenvalue weighted by molar-refractivity contribution is 5.30. The van der Waals surface area contributed by atoms with Crippen LogP contribution in [0.4, 0.5) is 0 Å². The van der Waals surface area contributed by atoms with E-state index in [0.717, 1.165) is 17.7 Å². The van der Waals surface area contributed by atoms with E-state index in [-0.39, 0.29) is 0 Å². The van der Waals surface area contributed by atoms with E-state index in [9.17, 15) is 5.11 Å². The molecule has 0 fully saturated rings. The van der Waals surface area contributed by atoms with Crippen LogP contribution in [0.3, 0.4) is 0 Å². The molecular formula is C17H21NO. The van der Waals surface area contributed by atoms with Gasteiger partial charge in [-0.3, -0.25) is 4.98 Å². The predicted octanol–water partition coefficient (Wildman–Crippen LogP) is 3.54. The van der Waals surface area contributed by atoms with Crippen LogP contribution in [-0.2, 0) is 12.8 Å². The molecule has 2 heteroatoms. The number of rotatable bonds is 4. The second-order valence-electron chi connectivity index (χ2n) is 5.15. The van der Waals surface area contributed by atoms with Crippen LogP contribution in [0.5, 0.6) is 0 Å². The third-order valence-corrected chi connectivity index (χ3v) is 3.33. The molecule has 0 aliphatic carbocycles. The first kappa shape index (κ1) is 13.8. The first-order chi connectivity index (χ1) is 9.08. The fourth-order valence-electron chi connectivity index (χ4n) is 2.30. The zero-order valence-corrected chi connectivity index (χ0v) is 11.9. The number of aliphatic hydroxyl groups excluding tert-OH is 1. The zero-order valence-electron chi connectivity index (χ0n) is 11.9. The van der Waals surface area contributed by atoms with Gasteiger partial charge in [-0.1, -0.05) is 42.3 Å². The van der Waals surface area contributed by atoms with Crippen LogP contribution < -0.4 is 0 Å². The maximum atomic E-state index is 10.3. The lowest BCUT2D eigenvalue weighted by Gasteiger charge is -2.12. The highest BCUT2D eigenvalue weighted by Crippen LogP contribution is 2.20. The smallest absolute Gasteiger partial charge is 0.0845 e. The summed E-state index contributed by atoms with van der Waals surface area (Å²) in [5.41, 5.74) is 5.50. The van der Waals surface area contributed by atoms with Gasteiger partial charge in [0, 0.05) is 18.3 Å². The molecule has 1 aromatic heterocycles. The Labute approximate surface area is 115 Å². The number of nitrogens with zero attached hydrogens (tertiary/aromatic N) is 1. The van der Waals surface area contributed by atoms with Gasteiger partial charge in [0.25, 0.3) is 0 Å². The van der Waals surface area contributed by atoms with E-state index in [1.54, 1.807) is 0 Å². The number of aliphatic hydroxyl groups is 1. The second kappa shape index (κ2) is 5.98. The molecule has 0 saturated carbocycles. The Hall–Kier alpha value is -1.67. The van der Waals surface area contributed by atoms with Gasteiger partial charge in [-0.25, -0.2) is 0 Å². The van der Waals surface area contributed by atoms with E-state index in [2.05, 4.69) is 37.9 Å². The molecule has 1 atom stereocenters. The minimum absolute atomic E-state index is 0.487. The van der Waals surface area contributed by atoms with E-state index in [1.165, 1.54) is 16.7 Å². The maximum absolute atomic E-state index is 10.3. The Morgan fingerprint density at radius 2 is 1.79 bits per heavy atom. The number of hydrogen-bond acceptors (Lipinski definition) is 2. The van der Waals surface area contributed by atoms with Crippen molar-refractivity contribution in [3.05, 3.63) is 64.5 Å². The molecular weight excluding hydrogens is 234 g/mol. The second-order valence-corrected chi connectivity index (χ2v) is 5.15. The molecule has 2 rings (SSSR count). The molecule has 1 N–H and O–H groups in total. The normalized spacial score (nSPS) is 12.4. The molecule has 1 aromatic carbocycles. The molecule has 1 unspecified atom stereocenters. The Morgan fingerprint density at radius 1 is 1.11 bits per heavy atom. The monoisotopic (exact) mass is 255 g/mol. The van der Waals surface area contributed by atoms with Gasteiger partial charge in [0.2, 0.25) is 0 Å². The molecule has 0 aliphatic heterocycles. The van der Waals surface area contributed by atoms with Crippen molar-refractivity contribution in [2.24, 2.45) is 0 Å². The van der Waals surface area contributed by atoms with Crippen molar-refractivity contribution in [3.63, 3.8) is 0 Å². The van der Waals surface area contributed by atoms with Gasteiger partial charge in [0.1, 0.15) is 0 Å². The minimum Gasteiger partial charge on any atom is -0.388 e. The maximum Gasteiger partial charge on any atom is 0.0845 e. The van der Waals surface area contributed by atoms with Crippen molar-refractivity contribution in [3.8, 4) is 0 Å². The van der Waals surface area contributed by atoms with Crippen LogP contribution in [0, 0.1) is 13.8 Å². The highest BCUT2D eigenvalue weighted by Gasteiger charge is 2.10. The molecule has 1 heterocycles. The highest BCUT2D eigenvalue weighted by atomic mass is 16.3. The van der Waals surface area contributed by atoms with Crippen LogP contribution in [0.1, 0.15) is 41.0 Å². The number of pyridine rings is 1. The standard InChI is InChI=1S/C17H21NO/c1-4-14-5-6-16(18-11-14)10-17(19)15-8-12(2)7-13(3)9-15/h5-9,11,17,19H,4,10H2,1-3H3. The molecule has 0 spiro atoms. The zero-order chi connectivity index (χ0) is 13.8. The molecule has 0 aliphatic rings. The molecule has 2 nitrogen and oxygen atoms in total. The third kappa shape index (κ3) is 3.65. The Bertz CT molecular complexity index is 525. The molecule has 0 amide bonds. The summed E-state index contributed by atoms with van der Waals surface area (Å²) in [6.07, 6.45) is 2.96. The summed E-state index contributed by atoms with van der Waals surface area (Å²) in [6.45, 7) is 6.22. The number of hydrogen-bond donors (Lipinski definition) is 1. The minimum atomic E-state index is -0.487. The fraction of sp³-hybridized carbons (Fsp3) is 0.353. The average molecular weight is 255 g/mol. The quantitative estimate of drug-likeness (QED) is 0.906. The summed E-state index contributed by atoms with van der Waals surface area (Å²) in [5, 5.41) is 10.3. The van der Waals surface area contributed by atoms with Gasteiger partial charge in [-0.05, 0) is 37.5 Å². The lowest BCUT2D eigenvalue weighted by atomic mass is 10.00. The molecule has 2 aromatic rings. The van der Waals surface area contributed by atoms with Gasteiger partial charge in [-0.15, -0.1) is 0 Å². The van der Waals surface area contributed by atoms with E-state index in [1.807, 2.05) is 24.4 Å². The summed E-state index contributed by atoms with van der Waals surface area (Å²) >= 11 is 0. The third-order valence-electron chi connectivity index (χ3n) is 3.33. The van der Waals surface area contributed by atoms with Crippen LogP contribution in [-0.4, -0.2) is 10.1 Å². The van der Waals surface area contributed by atoms with Gasteiger partial charge in [0.05, 0.1) is 6.10 Å². The van der Waals surface area contributed by atoms with Gasteiger partial charge in [-0.2, -0.15) is 0 Å². The molecule has 100 valence electrons. The Kier molecular flexibility index (Phi) is 4.33. The van der Waals surface area contributed by atoms with Crippen LogP contribution in [0.2, 0.25) is 0 Å². The van der Waals surface area contributed by atoms with E-state index < -0.39 is 6.10 Å². The van der Waals surface area contributed by atoms with Crippen molar-refractivity contribution in [1.82, 2.24) is 4.98 Å². The summed E-state index contributed by atoms with van der Waals surface area (Å²) in [5.74, 6) is 0. The number of aromatic nitrogens is 1. The lowest BCUT2D eigenvalue weighted by Crippen LogP contribution is -2.04. The van der Waals surface area contributed by atoms with Gasteiger partial charge in [0.15, 0.2) is 0 Å². The first-order valence-electron chi connectivity index (χ1n) is 6.78. The van der Waals surface area contributed by atoms with Crippen molar-refractivity contribution in [1.29, 1.82) is 0 Å². The van der Waals surface area contributed by atoms with Crippen molar-refractivity contribution in [2.75, 3.05) is 0 Å². The summed E-state index contributed by atoms with van der Waals surface area (Å²) in [7, 11) is 0. The Morgan fingerprint density at radius 3 is 2.32 bits per heavy atom. The van der Waals surface area contributed by atoms with Gasteiger partial charge < -0.3 is 5.11 Å². The fourth-order valence-corrected chi connectivity index (χ4v) is 2.30. The summed E-state index contributed by atoms with van der Waals surface area (Å²) < 4.78 is 0. The van der Waals surface area contributed by atoms with Crippen LogP contribution in [0.25, 0.3) is 0 Å². The van der Waals surface area contributed by atoms with Crippen molar-refractivity contribution < 1.29 is 5.11 Å². The predicted molar refractivity (Wildman–Crippen MR) is 78.2 cm³/mol. The SMILES string of the molecule is CCc1ccc(CC(O)c2cc(C)cc(C)c2)nc1. The lowest BCUT2D eigenvalue weighted by molar-refractivity contribution is 0.177. The van der Waals surface area contributed by atoms with E-state index in [4.69, 9.17) is 0 Å². The van der Waals surface area contributed by atoms with Crippen LogP contribution >= 0.6 is 0 Å². The number of benzene rings is 1. The number of aryl methyl sites for hydroxylation is 3. The molecule has 0 bridgehead atoms. The van der Waals surface area contributed by atoms with E-state index >= 15 is 0 Å².